The van der Waals surface area contributed by atoms with E-state index in [4.69, 9.17) is 10.2 Å². The van der Waals surface area contributed by atoms with Crippen LogP contribution in [0.1, 0.15) is 5.56 Å². The fraction of sp³-hybridized carbons (Fsp3) is 0.455. The molecule has 0 aromatic heterocycles. The molecule has 0 unspecified atom stereocenters. The van der Waals surface area contributed by atoms with Crippen LogP contribution in [0.5, 0.6) is 0 Å². The highest BCUT2D eigenvalue weighted by molar-refractivity contribution is 9.10. The molecule has 1 rings (SSSR count). The van der Waals surface area contributed by atoms with Gasteiger partial charge >= 0.3 is 0 Å². The van der Waals surface area contributed by atoms with E-state index in [9.17, 15) is 4.39 Å². The van der Waals surface area contributed by atoms with Crippen molar-refractivity contribution in [3.8, 4) is 0 Å². The van der Waals surface area contributed by atoms with E-state index in [-0.39, 0.29) is 19.0 Å². The Morgan fingerprint density at radius 1 is 1.19 bits per heavy atom. The zero-order chi connectivity index (χ0) is 12.0. The third-order valence-corrected chi connectivity index (χ3v) is 3.01. The van der Waals surface area contributed by atoms with Crippen molar-refractivity contribution in [3.63, 3.8) is 0 Å². The van der Waals surface area contributed by atoms with Gasteiger partial charge in [0.15, 0.2) is 0 Å². The first-order valence-corrected chi connectivity index (χ1v) is 5.84. The minimum Gasteiger partial charge on any atom is -0.395 e. The second-order valence-corrected chi connectivity index (χ2v) is 4.31. The van der Waals surface area contributed by atoms with E-state index in [0.29, 0.717) is 19.6 Å². The summed E-state index contributed by atoms with van der Waals surface area (Å²) in [6.07, 6.45) is 0. The molecular formula is C11H15BrFNO2. The van der Waals surface area contributed by atoms with E-state index in [1.165, 1.54) is 12.1 Å². The van der Waals surface area contributed by atoms with Crippen molar-refractivity contribution in [2.24, 2.45) is 0 Å². The van der Waals surface area contributed by atoms with Gasteiger partial charge in [0.1, 0.15) is 5.82 Å². The van der Waals surface area contributed by atoms with E-state index in [0.717, 1.165) is 10.0 Å². The summed E-state index contributed by atoms with van der Waals surface area (Å²) in [5.74, 6) is -0.286. The highest BCUT2D eigenvalue weighted by Gasteiger charge is 2.08. The molecule has 0 bridgehead atoms. The van der Waals surface area contributed by atoms with E-state index in [1.807, 2.05) is 4.90 Å². The molecule has 0 atom stereocenters. The van der Waals surface area contributed by atoms with Gasteiger partial charge in [0.05, 0.1) is 13.2 Å². The van der Waals surface area contributed by atoms with Crippen LogP contribution in [-0.2, 0) is 6.54 Å². The lowest BCUT2D eigenvalue weighted by atomic mass is 10.2. The first-order chi connectivity index (χ1) is 7.67. The number of aliphatic hydroxyl groups excluding tert-OH is 2. The van der Waals surface area contributed by atoms with Gasteiger partial charge in [-0.15, -0.1) is 0 Å². The van der Waals surface area contributed by atoms with Gasteiger partial charge in [-0.25, -0.2) is 4.39 Å². The molecule has 0 fully saturated rings. The van der Waals surface area contributed by atoms with Gasteiger partial charge in [0, 0.05) is 24.1 Å². The number of halogens is 2. The quantitative estimate of drug-likeness (QED) is 0.832. The van der Waals surface area contributed by atoms with Crippen molar-refractivity contribution in [2.45, 2.75) is 6.54 Å². The molecule has 90 valence electrons. The lowest BCUT2D eigenvalue weighted by molar-refractivity contribution is 0.155. The van der Waals surface area contributed by atoms with Crippen LogP contribution >= 0.6 is 15.9 Å². The highest BCUT2D eigenvalue weighted by atomic mass is 79.9. The monoisotopic (exact) mass is 291 g/mol. The molecule has 0 saturated heterocycles. The maximum Gasteiger partial charge on any atom is 0.123 e. The van der Waals surface area contributed by atoms with Crippen molar-refractivity contribution >= 4 is 15.9 Å². The summed E-state index contributed by atoms with van der Waals surface area (Å²) < 4.78 is 13.9. The molecule has 0 amide bonds. The van der Waals surface area contributed by atoms with Crippen LogP contribution in [0.25, 0.3) is 0 Å². The Morgan fingerprint density at radius 3 is 2.38 bits per heavy atom. The molecule has 0 heterocycles. The van der Waals surface area contributed by atoms with Gasteiger partial charge in [0.25, 0.3) is 0 Å². The third kappa shape index (κ3) is 4.17. The predicted molar refractivity (Wildman–Crippen MR) is 63.5 cm³/mol. The number of aliphatic hydroxyl groups is 2. The van der Waals surface area contributed by atoms with Crippen molar-refractivity contribution in [2.75, 3.05) is 26.3 Å². The lowest BCUT2D eigenvalue weighted by Crippen LogP contribution is -2.29. The zero-order valence-corrected chi connectivity index (χ0v) is 10.5. The Hall–Kier alpha value is -0.490. The molecule has 0 aliphatic carbocycles. The van der Waals surface area contributed by atoms with Crippen LogP contribution in [0.2, 0.25) is 0 Å². The molecule has 0 radical (unpaired) electrons. The van der Waals surface area contributed by atoms with Crippen molar-refractivity contribution in [3.05, 3.63) is 34.1 Å². The van der Waals surface area contributed by atoms with E-state index < -0.39 is 0 Å². The van der Waals surface area contributed by atoms with Crippen LogP contribution in [0, 0.1) is 5.82 Å². The van der Waals surface area contributed by atoms with E-state index in [2.05, 4.69) is 15.9 Å². The molecule has 0 spiro atoms. The Balaban J connectivity index is 2.71. The molecule has 2 N–H and O–H groups in total. The molecular weight excluding hydrogens is 277 g/mol. The van der Waals surface area contributed by atoms with Gasteiger partial charge in [-0.2, -0.15) is 0 Å². The van der Waals surface area contributed by atoms with Crippen LogP contribution in [0.3, 0.4) is 0 Å². The summed E-state index contributed by atoms with van der Waals surface area (Å²) >= 11 is 3.34. The van der Waals surface area contributed by atoms with Gasteiger partial charge in [0.2, 0.25) is 0 Å². The Bertz CT molecular complexity index is 330. The second-order valence-electron chi connectivity index (χ2n) is 3.46. The SMILES string of the molecule is OCCN(CCO)Cc1cc(F)ccc1Br. The Labute approximate surface area is 103 Å². The van der Waals surface area contributed by atoms with Gasteiger partial charge in [-0.1, -0.05) is 15.9 Å². The van der Waals surface area contributed by atoms with E-state index in [1.54, 1.807) is 6.07 Å². The number of rotatable bonds is 6. The van der Waals surface area contributed by atoms with Crippen LogP contribution in [0.15, 0.2) is 22.7 Å². The largest absolute Gasteiger partial charge is 0.395 e. The number of hydrogen-bond acceptors (Lipinski definition) is 3. The molecule has 16 heavy (non-hydrogen) atoms. The lowest BCUT2D eigenvalue weighted by Gasteiger charge is -2.20. The van der Waals surface area contributed by atoms with Crippen molar-refractivity contribution < 1.29 is 14.6 Å². The van der Waals surface area contributed by atoms with Crippen molar-refractivity contribution in [1.29, 1.82) is 0 Å². The predicted octanol–water partition coefficient (Wildman–Crippen LogP) is 1.37. The normalized spacial score (nSPS) is 11.1. The van der Waals surface area contributed by atoms with Gasteiger partial charge in [-0.3, -0.25) is 4.90 Å². The van der Waals surface area contributed by atoms with Crippen LogP contribution < -0.4 is 0 Å². The zero-order valence-electron chi connectivity index (χ0n) is 8.87. The molecule has 5 heteroatoms. The summed E-state index contributed by atoms with van der Waals surface area (Å²) in [7, 11) is 0. The number of benzene rings is 1. The average molecular weight is 292 g/mol. The average Bonchev–Trinajstić information content (AvgIpc) is 2.24. The molecule has 1 aromatic carbocycles. The fourth-order valence-electron chi connectivity index (χ4n) is 1.46. The summed E-state index contributed by atoms with van der Waals surface area (Å²) in [5, 5.41) is 17.7. The topological polar surface area (TPSA) is 43.7 Å². The fourth-order valence-corrected chi connectivity index (χ4v) is 1.83. The van der Waals surface area contributed by atoms with Crippen LogP contribution in [0.4, 0.5) is 4.39 Å². The molecule has 1 aromatic rings. The summed E-state index contributed by atoms with van der Waals surface area (Å²) in [5.41, 5.74) is 0.807. The van der Waals surface area contributed by atoms with Crippen LogP contribution in [-0.4, -0.2) is 41.4 Å². The number of hydrogen-bond donors (Lipinski definition) is 2. The minimum absolute atomic E-state index is 0.0208. The standard InChI is InChI=1S/C11H15BrFNO2/c12-11-2-1-10(13)7-9(11)8-14(3-5-15)4-6-16/h1-2,7,15-16H,3-6,8H2. The molecule has 0 aliphatic rings. The third-order valence-electron chi connectivity index (χ3n) is 2.23. The van der Waals surface area contributed by atoms with Gasteiger partial charge in [-0.05, 0) is 23.8 Å². The minimum atomic E-state index is -0.286. The first kappa shape index (κ1) is 13.6. The second kappa shape index (κ2) is 6.96. The summed E-state index contributed by atoms with van der Waals surface area (Å²) in [6, 6.07) is 4.49. The maximum atomic E-state index is 13.0. The molecule has 0 aliphatic heterocycles. The summed E-state index contributed by atoms with van der Waals surface area (Å²) in [4.78, 5) is 1.86. The first-order valence-electron chi connectivity index (χ1n) is 5.05. The number of nitrogens with zero attached hydrogens (tertiary/aromatic N) is 1. The smallest absolute Gasteiger partial charge is 0.123 e. The highest BCUT2D eigenvalue weighted by Crippen LogP contribution is 2.19. The molecule has 0 saturated carbocycles. The maximum absolute atomic E-state index is 13.0. The van der Waals surface area contributed by atoms with Crippen molar-refractivity contribution in [1.82, 2.24) is 4.90 Å². The van der Waals surface area contributed by atoms with E-state index >= 15 is 0 Å². The van der Waals surface area contributed by atoms with Gasteiger partial charge < -0.3 is 10.2 Å². The Morgan fingerprint density at radius 2 is 1.81 bits per heavy atom. The molecule has 3 nitrogen and oxygen atoms in total. The Kier molecular flexibility index (Phi) is 5.90. The summed E-state index contributed by atoms with van der Waals surface area (Å²) in [6.45, 7) is 1.46.